The summed E-state index contributed by atoms with van der Waals surface area (Å²) in [6.07, 6.45) is 3.51. The van der Waals surface area contributed by atoms with E-state index in [2.05, 4.69) is 9.97 Å². The molecule has 4 rings (SSSR count). The van der Waals surface area contributed by atoms with E-state index in [1.54, 1.807) is 12.4 Å². The Kier molecular flexibility index (Phi) is 7.24. The van der Waals surface area contributed by atoms with Gasteiger partial charge in [-0.25, -0.2) is 9.97 Å². The van der Waals surface area contributed by atoms with Gasteiger partial charge in [-0.3, -0.25) is 0 Å². The second kappa shape index (κ2) is 8.72. The highest BCUT2D eigenvalue weighted by molar-refractivity contribution is 6.02. The minimum absolute atomic E-state index is 0. The van der Waals surface area contributed by atoms with Crippen LogP contribution in [0.1, 0.15) is 0 Å². The van der Waals surface area contributed by atoms with E-state index < -0.39 is 0 Å². The second-order valence-electron chi connectivity index (χ2n) is 5.07. The molecule has 0 amide bonds. The van der Waals surface area contributed by atoms with Crippen LogP contribution < -0.4 is 5.73 Å². The maximum absolute atomic E-state index is 6.45. The topological polar surface area (TPSA) is 67.6 Å². The lowest BCUT2D eigenvalue weighted by atomic mass is 10.0. The molecule has 0 radical (unpaired) electrons. The van der Waals surface area contributed by atoms with Gasteiger partial charge in [0.15, 0.2) is 0 Å². The molecule has 0 aliphatic carbocycles. The van der Waals surface area contributed by atoms with Crippen molar-refractivity contribution in [3.8, 4) is 22.6 Å². The normalized spacial score (nSPS) is 9.60. The standard InChI is InChI=1S/C18H14N4.3ClH/c19-16-13-8-4-5-9-14(13)22-17(12-6-2-1-3-7-12)15(16)18-20-10-11-21-18;;;/h1-11H,(H2,19,22)(H,20,21);3*1H. The number of aromatic amines is 1. The molecule has 4 nitrogen and oxygen atoms in total. The summed E-state index contributed by atoms with van der Waals surface area (Å²) in [6, 6.07) is 17.9. The Morgan fingerprint density at radius 1 is 0.840 bits per heavy atom. The van der Waals surface area contributed by atoms with Gasteiger partial charge >= 0.3 is 0 Å². The zero-order valence-electron chi connectivity index (χ0n) is 13.0. The molecular formula is C18H17Cl3N4. The first-order chi connectivity index (χ1) is 10.8. The quantitative estimate of drug-likeness (QED) is 0.494. The molecule has 0 saturated carbocycles. The van der Waals surface area contributed by atoms with Gasteiger partial charge in [-0.1, -0.05) is 48.5 Å². The van der Waals surface area contributed by atoms with E-state index in [-0.39, 0.29) is 37.2 Å². The Hall–Kier alpha value is -2.27. The van der Waals surface area contributed by atoms with Crippen LogP contribution in [0.25, 0.3) is 33.5 Å². The predicted molar refractivity (Wildman–Crippen MR) is 111 cm³/mol. The number of aromatic nitrogens is 3. The zero-order chi connectivity index (χ0) is 14.9. The van der Waals surface area contributed by atoms with Gasteiger partial charge < -0.3 is 10.7 Å². The number of imidazole rings is 1. The van der Waals surface area contributed by atoms with E-state index in [4.69, 9.17) is 10.7 Å². The molecule has 130 valence electrons. The van der Waals surface area contributed by atoms with Crippen molar-refractivity contribution in [1.82, 2.24) is 15.0 Å². The Morgan fingerprint density at radius 2 is 1.52 bits per heavy atom. The minimum Gasteiger partial charge on any atom is -0.398 e. The van der Waals surface area contributed by atoms with Gasteiger partial charge in [0.05, 0.1) is 22.5 Å². The molecule has 0 fully saturated rings. The maximum atomic E-state index is 6.45. The van der Waals surface area contributed by atoms with Crippen molar-refractivity contribution >= 4 is 53.8 Å². The number of nitrogens with zero attached hydrogens (tertiary/aromatic N) is 2. The first kappa shape index (κ1) is 20.8. The van der Waals surface area contributed by atoms with Gasteiger partial charge in [0.2, 0.25) is 0 Å². The zero-order valence-corrected chi connectivity index (χ0v) is 15.5. The SMILES string of the molecule is Cl.Cl.Cl.Nc1c(-c2ncc[nH]2)c(-c2ccccc2)nc2ccccc12. The smallest absolute Gasteiger partial charge is 0.141 e. The molecule has 25 heavy (non-hydrogen) atoms. The summed E-state index contributed by atoms with van der Waals surface area (Å²) in [5, 5.41) is 0.939. The molecule has 0 spiro atoms. The largest absolute Gasteiger partial charge is 0.398 e. The number of nitrogen functional groups attached to an aromatic ring is 1. The molecule has 7 heteroatoms. The first-order valence-electron chi connectivity index (χ1n) is 7.08. The van der Waals surface area contributed by atoms with Gasteiger partial charge in [-0.05, 0) is 6.07 Å². The van der Waals surface area contributed by atoms with Gasteiger partial charge in [-0.15, -0.1) is 37.2 Å². The third kappa shape index (κ3) is 3.71. The molecule has 0 aliphatic heterocycles. The van der Waals surface area contributed by atoms with Gasteiger partial charge in [0.25, 0.3) is 0 Å². The van der Waals surface area contributed by atoms with E-state index >= 15 is 0 Å². The van der Waals surface area contributed by atoms with Crippen LogP contribution in [0.5, 0.6) is 0 Å². The van der Waals surface area contributed by atoms with Crippen molar-refractivity contribution in [1.29, 1.82) is 0 Å². The number of rotatable bonds is 2. The fourth-order valence-electron chi connectivity index (χ4n) is 2.68. The molecular weight excluding hydrogens is 379 g/mol. The highest BCUT2D eigenvalue weighted by atomic mass is 35.5. The number of pyridine rings is 1. The van der Waals surface area contributed by atoms with Gasteiger partial charge in [-0.2, -0.15) is 0 Å². The third-order valence-corrected chi connectivity index (χ3v) is 3.71. The van der Waals surface area contributed by atoms with Crippen molar-refractivity contribution in [2.45, 2.75) is 0 Å². The molecule has 0 bridgehead atoms. The number of nitrogens with one attached hydrogen (secondary N) is 1. The number of fused-ring (bicyclic) bond motifs is 1. The average molecular weight is 396 g/mol. The third-order valence-electron chi connectivity index (χ3n) is 3.71. The number of nitrogens with two attached hydrogens (primary N) is 1. The lowest BCUT2D eigenvalue weighted by Crippen LogP contribution is -1.99. The minimum atomic E-state index is 0. The number of hydrogen-bond acceptors (Lipinski definition) is 3. The van der Waals surface area contributed by atoms with E-state index in [1.165, 1.54) is 0 Å². The number of halogens is 3. The van der Waals surface area contributed by atoms with E-state index in [9.17, 15) is 0 Å². The molecule has 3 N–H and O–H groups in total. The molecule has 0 atom stereocenters. The summed E-state index contributed by atoms with van der Waals surface area (Å²) in [4.78, 5) is 12.3. The molecule has 2 aromatic heterocycles. The molecule has 0 saturated heterocycles. The van der Waals surface area contributed by atoms with Crippen LogP contribution >= 0.6 is 37.2 Å². The number of hydrogen-bond donors (Lipinski definition) is 2. The maximum Gasteiger partial charge on any atom is 0.141 e. The monoisotopic (exact) mass is 394 g/mol. The fraction of sp³-hybridized carbons (Fsp3) is 0. The Balaban J connectivity index is 0.00000104. The van der Waals surface area contributed by atoms with Crippen molar-refractivity contribution < 1.29 is 0 Å². The van der Waals surface area contributed by atoms with Gasteiger partial charge in [0, 0.05) is 23.3 Å². The summed E-state index contributed by atoms with van der Waals surface area (Å²) >= 11 is 0. The summed E-state index contributed by atoms with van der Waals surface area (Å²) in [5.74, 6) is 0.731. The van der Waals surface area contributed by atoms with E-state index in [0.29, 0.717) is 5.69 Å². The van der Waals surface area contributed by atoms with Gasteiger partial charge in [0.1, 0.15) is 5.82 Å². The summed E-state index contributed by atoms with van der Waals surface area (Å²) in [5.41, 5.74) is 10.7. The van der Waals surface area contributed by atoms with Crippen LogP contribution in [0.4, 0.5) is 5.69 Å². The van der Waals surface area contributed by atoms with Crippen LogP contribution in [0.15, 0.2) is 67.0 Å². The Labute approximate surface area is 164 Å². The molecule has 0 aliphatic rings. The molecule has 2 heterocycles. The van der Waals surface area contributed by atoms with Crippen molar-refractivity contribution in [2.24, 2.45) is 0 Å². The second-order valence-corrected chi connectivity index (χ2v) is 5.07. The van der Waals surface area contributed by atoms with Crippen LogP contribution in [-0.4, -0.2) is 15.0 Å². The number of anilines is 1. The van der Waals surface area contributed by atoms with E-state index in [1.807, 2.05) is 54.6 Å². The van der Waals surface area contributed by atoms with Crippen molar-refractivity contribution in [2.75, 3.05) is 5.73 Å². The molecule has 0 unspecified atom stereocenters. The van der Waals surface area contributed by atoms with Crippen LogP contribution in [0, 0.1) is 0 Å². The van der Waals surface area contributed by atoms with Crippen LogP contribution in [-0.2, 0) is 0 Å². The molecule has 4 aromatic rings. The fourth-order valence-corrected chi connectivity index (χ4v) is 2.68. The number of benzene rings is 2. The average Bonchev–Trinajstić information content (AvgIpc) is 3.10. The van der Waals surface area contributed by atoms with E-state index in [0.717, 1.165) is 33.5 Å². The van der Waals surface area contributed by atoms with Crippen molar-refractivity contribution in [3.63, 3.8) is 0 Å². The predicted octanol–water partition coefficient (Wildman–Crippen LogP) is 5.14. The number of H-pyrrole nitrogens is 1. The Morgan fingerprint density at radius 3 is 2.20 bits per heavy atom. The molecule has 2 aromatic carbocycles. The highest BCUT2D eigenvalue weighted by Gasteiger charge is 2.17. The summed E-state index contributed by atoms with van der Waals surface area (Å²) < 4.78 is 0. The first-order valence-corrected chi connectivity index (χ1v) is 7.08. The Bertz CT molecular complexity index is 941. The van der Waals surface area contributed by atoms with Crippen molar-refractivity contribution in [3.05, 3.63) is 67.0 Å². The summed E-state index contributed by atoms with van der Waals surface area (Å²) in [7, 11) is 0. The highest BCUT2D eigenvalue weighted by Crippen LogP contribution is 2.37. The van der Waals surface area contributed by atoms with Crippen LogP contribution in [0.3, 0.4) is 0 Å². The number of para-hydroxylation sites is 1. The lowest BCUT2D eigenvalue weighted by Gasteiger charge is -2.13. The lowest BCUT2D eigenvalue weighted by molar-refractivity contribution is 1.29. The van der Waals surface area contributed by atoms with Crippen LogP contribution in [0.2, 0.25) is 0 Å². The summed E-state index contributed by atoms with van der Waals surface area (Å²) in [6.45, 7) is 0.